The van der Waals surface area contributed by atoms with Crippen LogP contribution in [0.5, 0.6) is 17.2 Å². The molecule has 3 heterocycles. The van der Waals surface area contributed by atoms with E-state index in [0.717, 1.165) is 104 Å². The number of thiol groups is 2. The second kappa shape index (κ2) is 54.1. The van der Waals surface area contributed by atoms with Gasteiger partial charge in [0.15, 0.2) is 0 Å². The molecule has 5 N–H and O–H groups in total. The van der Waals surface area contributed by atoms with Gasteiger partial charge in [0, 0.05) is 105 Å². The fourth-order valence-electron chi connectivity index (χ4n) is 14.3. The van der Waals surface area contributed by atoms with Crippen LogP contribution in [0.4, 0.5) is 14.5 Å². The second-order valence-electron chi connectivity index (χ2n) is 33.1. The lowest BCUT2D eigenvalue weighted by Crippen LogP contribution is -2.57. The van der Waals surface area contributed by atoms with E-state index >= 15 is 0 Å². The van der Waals surface area contributed by atoms with Crippen LogP contribution in [0, 0.1) is 35.3 Å². The van der Waals surface area contributed by atoms with Crippen LogP contribution in [0.15, 0.2) is 303 Å². The van der Waals surface area contributed by atoms with Gasteiger partial charge in [0.2, 0.25) is 0 Å². The third-order valence-corrected chi connectivity index (χ3v) is 25.5. The van der Waals surface area contributed by atoms with E-state index in [-0.39, 0.29) is 67.5 Å². The summed E-state index contributed by atoms with van der Waals surface area (Å²) in [6.45, 7) is 16.0. The fraction of sp³-hybridized carbons (Fsp3) is 0.280. The summed E-state index contributed by atoms with van der Waals surface area (Å²) in [6, 6.07) is 81.7. The van der Waals surface area contributed by atoms with Gasteiger partial charge in [-0.15, -0.1) is 0 Å². The summed E-state index contributed by atoms with van der Waals surface area (Å²) in [4.78, 5) is 71.0. The summed E-state index contributed by atoms with van der Waals surface area (Å²) in [5, 5.41) is 49.7. The lowest BCUT2D eigenvalue weighted by molar-refractivity contribution is -0.142. The Balaban J connectivity index is 0.000000189. The number of para-hydroxylation sites is 2. The molecule has 0 saturated carbocycles. The number of rotatable bonds is 33. The number of nitrogens with zero attached hydrogens (tertiary/aromatic N) is 6. The van der Waals surface area contributed by atoms with E-state index in [0.29, 0.717) is 50.0 Å². The molecule has 0 aliphatic carbocycles. The molecule has 0 amide bonds. The number of piperazine rings is 1. The molecule has 13 rings (SSSR count). The van der Waals surface area contributed by atoms with Crippen LogP contribution in [-0.4, -0.2) is 205 Å². The van der Waals surface area contributed by atoms with Gasteiger partial charge in [-0.2, -0.15) is 36.6 Å². The van der Waals surface area contributed by atoms with Crippen molar-refractivity contribution in [2.75, 3.05) is 112 Å². The Morgan fingerprint density at radius 1 is 0.567 bits per heavy atom. The highest BCUT2D eigenvalue weighted by atomic mass is 35.5. The Kier molecular flexibility index (Phi) is 42.8. The van der Waals surface area contributed by atoms with Crippen LogP contribution in [0.1, 0.15) is 104 Å². The molecule has 27 heteroatoms. The van der Waals surface area contributed by atoms with Crippen molar-refractivity contribution in [3.63, 3.8) is 0 Å². The predicted octanol–water partition coefficient (Wildman–Crippen LogP) is 21.4. The molecule has 10 aromatic carbocycles. The van der Waals surface area contributed by atoms with Gasteiger partial charge < -0.3 is 44.6 Å². The number of benzene rings is 10. The van der Waals surface area contributed by atoms with Crippen LogP contribution < -0.4 is 19.1 Å². The average molecular weight is 1930 g/mol. The zero-order valence-corrected chi connectivity index (χ0v) is 81.5. The smallest absolute Gasteiger partial charge is 0.320 e. The molecule has 702 valence electrons. The first-order valence-electron chi connectivity index (χ1n) is 43.5. The highest BCUT2D eigenvalue weighted by Crippen LogP contribution is 2.43. The minimum atomic E-state index is -0.905. The standard InChI is InChI=1S/C25H25ClFNO3S2.C23H29NO3S.C21H26N2O3S.C20H18FNO2.C18H17NO2S/c1-28(16-24(29)30)14-13-23(17-3-2-4-20(26)15-17)31-22-11-7-19(8-12-22)25(32,33)18-5-9-21(27)10-6-18;1-23(2,3)17-10-12-18(13-11-17)28-21-9-5-4-8-20(21)27-16-15-24-14-6-7-19(24)22(25)26;1-15-13-23(16(2)12-22(15)14-21(24)25)19-6-4-5-7-20(19)27-18-10-8-17(26-3)9-11-18;1-22(15-20(23)24)14-13-18(17-5-3-2-4-6-17)10-7-16-8-11-19(21)12-9-16;1-19(13-18(20)21)11-9-17(16-5-3-2-4-6-16)8-7-15-10-12-22-14-15/h2-12,15,23,32-33H,13-14,16H2,1H3,(H,29,30);4-5,8-13,19H,6-7,14-16H2,1-3H3,(H,25,26);4-11,15-16H,12-14H2,1-3H3,(H,24,25);2-6,8-9,11-13H,14-15H2,1H3,(H,23,24);2-6,9-10,12,14H,11,13H2,1H3,(H,20,21)/b;;;18-13-;17-9-/t;19-;;;/m.0.../s1. The average Bonchev–Trinajstić information content (AvgIpc) is 0.939. The van der Waals surface area contributed by atoms with Gasteiger partial charge in [-0.25, -0.2) is 8.78 Å². The molecular formula is C107H115ClF2N6O13S5. The summed E-state index contributed by atoms with van der Waals surface area (Å²) in [6.07, 6.45) is 5.79. The number of likely N-dealkylation sites (N-methyl/N-ethyl adjacent to an activating group) is 3. The maximum atomic E-state index is 13.3. The molecule has 0 bridgehead atoms. The van der Waals surface area contributed by atoms with Gasteiger partial charge in [-0.1, -0.05) is 225 Å². The first-order chi connectivity index (χ1) is 64.2. The molecule has 19 nitrogen and oxygen atoms in total. The highest BCUT2D eigenvalue weighted by molar-refractivity contribution is 8.00. The number of carboxylic acids is 5. The first-order valence-corrected chi connectivity index (χ1v) is 47.4. The number of carboxylic acid groups (broad SMARTS) is 5. The minimum Gasteiger partial charge on any atom is -0.497 e. The molecule has 3 unspecified atom stereocenters. The van der Waals surface area contributed by atoms with Crippen LogP contribution in [0.3, 0.4) is 0 Å². The van der Waals surface area contributed by atoms with E-state index in [2.05, 4.69) is 155 Å². The van der Waals surface area contributed by atoms with Crippen molar-refractivity contribution < 1.29 is 72.5 Å². The Labute approximate surface area is 814 Å². The van der Waals surface area contributed by atoms with Gasteiger partial charge in [-0.3, -0.25) is 48.5 Å². The Morgan fingerprint density at radius 3 is 1.61 bits per heavy atom. The van der Waals surface area contributed by atoms with E-state index in [9.17, 15) is 37.9 Å². The van der Waals surface area contributed by atoms with Gasteiger partial charge in [0.1, 0.15) is 51.7 Å². The van der Waals surface area contributed by atoms with Crippen molar-refractivity contribution in [3.05, 3.63) is 345 Å². The van der Waals surface area contributed by atoms with Crippen LogP contribution >= 0.6 is 71.7 Å². The zero-order valence-electron chi connectivity index (χ0n) is 76.5. The number of thiophene rings is 1. The number of methoxy groups -OCH3 is 1. The number of hydrogen-bond donors (Lipinski definition) is 7. The number of hydrogen-bond acceptors (Lipinski definition) is 19. The molecule has 0 radical (unpaired) electrons. The van der Waals surface area contributed by atoms with Gasteiger partial charge >= 0.3 is 29.8 Å². The molecule has 0 spiro atoms. The van der Waals surface area contributed by atoms with Crippen molar-refractivity contribution in [2.45, 2.75) is 107 Å². The molecule has 2 saturated heterocycles. The lowest BCUT2D eigenvalue weighted by atomic mass is 9.87. The third kappa shape index (κ3) is 36.0. The quantitative estimate of drug-likeness (QED) is 0.0115. The summed E-state index contributed by atoms with van der Waals surface area (Å²) in [5.74, 6) is 10.1. The maximum absolute atomic E-state index is 13.3. The first kappa shape index (κ1) is 106. The van der Waals surface area contributed by atoms with E-state index in [1.807, 2.05) is 172 Å². The van der Waals surface area contributed by atoms with E-state index in [1.165, 1.54) is 45.3 Å². The van der Waals surface area contributed by atoms with Crippen molar-refractivity contribution in [3.8, 4) is 40.9 Å². The van der Waals surface area contributed by atoms with Crippen molar-refractivity contribution in [2.24, 2.45) is 0 Å². The normalized spacial score (nSPS) is 14.7. The molecule has 2 aliphatic heterocycles. The number of ether oxygens (including phenoxy) is 3. The fourth-order valence-corrected chi connectivity index (χ4v) is 17.6. The van der Waals surface area contributed by atoms with Crippen LogP contribution in [0.2, 0.25) is 5.02 Å². The zero-order chi connectivity index (χ0) is 96.7. The molecule has 1 aromatic heterocycles. The Hall–Kier alpha value is -11.6. The number of halogens is 3. The second-order valence-corrected chi connectivity index (χ2v) is 38.2. The molecular weight excluding hydrogens is 1810 g/mol. The Morgan fingerprint density at radius 2 is 1.07 bits per heavy atom. The molecule has 11 aromatic rings. The maximum Gasteiger partial charge on any atom is 0.320 e. The summed E-state index contributed by atoms with van der Waals surface area (Å²) in [7, 11) is 6.94. The number of anilines is 1. The predicted molar refractivity (Wildman–Crippen MR) is 542 cm³/mol. The van der Waals surface area contributed by atoms with Crippen LogP contribution in [-0.2, 0) is 33.5 Å². The van der Waals surface area contributed by atoms with Crippen LogP contribution in [0.25, 0.3) is 11.1 Å². The Bertz CT molecular complexity index is 5760. The molecule has 4 atom stereocenters. The van der Waals surface area contributed by atoms with Gasteiger partial charge in [0.05, 0.1) is 43.9 Å². The summed E-state index contributed by atoms with van der Waals surface area (Å²) < 4.78 is 42.9. The van der Waals surface area contributed by atoms with Crippen molar-refractivity contribution in [1.82, 2.24) is 24.5 Å². The molecule has 2 fully saturated rings. The molecule has 2 aliphatic rings. The monoisotopic (exact) mass is 1920 g/mol. The molecule has 134 heavy (non-hydrogen) atoms. The van der Waals surface area contributed by atoms with E-state index in [4.69, 9.17) is 46.2 Å². The summed E-state index contributed by atoms with van der Waals surface area (Å²) in [5.41, 5.74) is 10.5. The number of allylic oxidation sites excluding steroid dienone is 2. The SMILES string of the molecule is CC(C)(C)c1ccc(Sc2ccccc2OCCN2CCC[C@H]2C(=O)O)cc1.CN(C/C=C(/C#Cc1ccc(F)cc1)c1ccccc1)CC(=O)O.CN(C/C=C(/C#Cc1ccsc1)c1ccccc1)CC(=O)O.CN(CCC(Oc1ccc(C(S)(S)c2ccc(F)cc2)cc1)c1cccc(Cl)c1)CC(=O)O.COc1ccc(Sc2ccccc2N2CC(C)N(CC(=O)O)CC2C)cc1. The third-order valence-electron chi connectivity index (χ3n) is 21.4. The van der Waals surface area contributed by atoms with Crippen molar-refractivity contribution in [1.29, 1.82) is 0 Å². The van der Waals surface area contributed by atoms with Gasteiger partial charge in [-0.05, 0) is 226 Å². The van der Waals surface area contributed by atoms with E-state index in [1.54, 1.807) is 108 Å². The largest absolute Gasteiger partial charge is 0.497 e. The lowest BCUT2D eigenvalue weighted by Gasteiger charge is -2.45. The topological polar surface area (TPSA) is 234 Å². The van der Waals surface area contributed by atoms with E-state index < -0.39 is 33.9 Å². The highest BCUT2D eigenvalue weighted by Gasteiger charge is 2.33. The minimum absolute atomic E-state index is 0.0104. The number of carbonyl (C=O) groups is 5. The van der Waals surface area contributed by atoms with Gasteiger partial charge in [0.25, 0.3) is 0 Å². The summed E-state index contributed by atoms with van der Waals surface area (Å²) >= 11 is 20.6. The number of likely N-dealkylation sites (tertiary alicyclic amines) is 1. The van der Waals surface area contributed by atoms with Crippen molar-refractivity contribution >= 4 is 118 Å². The number of aliphatic carboxylic acids is 5.